The first-order chi connectivity index (χ1) is 6.45. The molecule has 1 aliphatic rings. The van der Waals surface area contributed by atoms with Crippen LogP contribution in [0, 0.1) is 0 Å². The minimum Gasteiger partial charge on any atom is -0.260 e. The van der Waals surface area contributed by atoms with Crippen molar-refractivity contribution in [2.45, 2.75) is 36.7 Å². The van der Waals surface area contributed by atoms with Crippen molar-refractivity contribution >= 4 is 11.8 Å². The molecule has 0 N–H and O–H groups in total. The maximum Gasteiger partial charge on any atom is 0.0502 e. The summed E-state index contributed by atoms with van der Waals surface area (Å²) in [7, 11) is 0. The molecule has 13 heavy (non-hydrogen) atoms. The summed E-state index contributed by atoms with van der Waals surface area (Å²) < 4.78 is 0. The van der Waals surface area contributed by atoms with Gasteiger partial charge in [-0.1, -0.05) is 18.9 Å². The van der Waals surface area contributed by atoms with Crippen molar-refractivity contribution < 1.29 is 0 Å². The van der Waals surface area contributed by atoms with E-state index in [0.29, 0.717) is 0 Å². The predicted octanol–water partition coefficient (Wildman–Crippen LogP) is 3.26. The lowest BCUT2D eigenvalue weighted by atomic mass is 10.4. The minimum absolute atomic E-state index is 0.905. The minimum atomic E-state index is 0.905. The van der Waals surface area contributed by atoms with E-state index in [2.05, 4.69) is 28.9 Å². The van der Waals surface area contributed by atoms with Crippen LogP contribution in [0.2, 0.25) is 0 Å². The lowest BCUT2D eigenvalue weighted by Gasteiger charge is -2.07. The van der Waals surface area contributed by atoms with Gasteiger partial charge in [-0.3, -0.25) is 4.98 Å². The van der Waals surface area contributed by atoms with Crippen molar-refractivity contribution in [3.05, 3.63) is 30.1 Å². The van der Waals surface area contributed by atoms with Crippen molar-refractivity contribution in [3.8, 4) is 0 Å². The van der Waals surface area contributed by atoms with Crippen LogP contribution in [0.4, 0.5) is 0 Å². The van der Waals surface area contributed by atoms with Gasteiger partial charge in [0.15, 0.2) is 0 Å². The molecule has 2 rings (SSSR count). The van der Waals surface area contributed by atoms with E-state index in [0.717, 1.165) is 11.0 Å². The second-order valence-corrected chi connectivity index (χ2v) is 4.83. The third-order valence-electron chi connectivity index (χ3n) is 2.50. The summed E-state index contributed by atoms with van der Waals surface area (Å²) in [5, 5.41) is 0.905. The number of pyridine rings is 1. The SMILES string of the molecule is c1ccc(CSC2CCCC2)nc1. The first-order valence-electron chi connectivity index (χ1n) is 4.96. The zero-order valence-electron chi connectivity index (χ0n) is 7.78. The standard InChI is InChI=1S/C11H15NS/c1-2-7-11(6-1)13-9-10-5-3-4-8-12-10/h3-5,8,11H,1-2,6-7,9H2. The van der Waals surface area contributed by atoms with Gasteiger partial charge in [-0.25, -0.2) is 0 Å². The average molecular weight is 193 g/mol. The second-order valence-electron chi connectivity index (χ2n) is 3.54. The van der Waals surface area contributed by atoms with Crippen LogP contribution in [0.15, 0.2) is 24.4 Å². The summed E-state index contributed by atoms with van der Waals surface area (Å²) in [6.45, 7) is 0. The van der Waals surface area contributed by atoms with Gasteiger partial charge in [-0.2, -0.15) is 11.8 Å². The van der Waals surface area contributed by atoms with Crippen LogP contribution < -0.4 is 0 Å². The Hall–Kier alpha value is -0.500. The van der Waals surface area contributed by atoms with E-state index >= 15 is 0 Å². The Balaban J connectivity index is 1.79. The number of rotatable bonds is 3. The zero-order chi connectivity index (χ0) is 8.93. The molecule has 1 heterocycles. The molecule has 0 spiro atoms. The molecule has 1 saturated carbocycles. The molecule has 1 nitrogen and oxygen atoms in total. The van der Waals surface area contributed by atoms with Crippen LogP contribution in [-0.4, -0.2) is 10.2 Å². The molecule has 1 aliphatic carbocycles. The summed E-state index contributed by atoms with van der Waals surface area (Å²) in [4.78, 5) is 4.32. The molecule has 0 amide bonds. The van der Waals surface area contributed by atoms with E-state index < -0.39 is 0 Å². The summed E-state index contributed by atoms with van der Waals surface area (Å²) in [6.07, 6.45) is 7.57. The molecule has 0 atom stereocenters. The molecule has 2 heteroatoms. The van der Waals surface area contributed by atoms with Gasteiger partial charge in [0.1, 0.15) is 0 Å². The van der Waals surface area contributed by atoms with Gasteiger partial charge in [0, 0.05) is 17.2 Å². The molecule has 0 saturated heterocycles. The number of thioether (sulfide) groups is 1. The molecule has 1 aromatic rings. The molecule has 0 unspecified atom stereocenters. The maximum atomic E-state index is 4.32. The van der Waals surface area contributed by atoms with E-state index in [4.69, 9.17) is 0 Å². The van der Waals surface area contributed by atoms with Crippen molar-refractivity contribution in [1.82, 2.24) is 4.98 Å². The molecule has 0 aliphatic heterocycles. The van der Waals surface area contributed by atoms with Crippen LogP contribution in [0.3, 0.4) is 0 Å². The topological polar surface area (TPSA) is 12.9 Å². The quantitative estimate of drug-likeness (QED) is 0.731. The second kappa shape index (κ2) is 4.66. The highest BCUT2D eigenvalue weighted by Gasteiger charge is 2.14. The highest BCUT2D eigenvalue weighted by molar-refractivity contribution is 7.99. The molecule has 1 fully saturated rings. The van der Waals surface area contributed by atoms with Gasteiger partial charge >= 0.3 is 0 Å². The Morgan fingerprint density at radius 2 is 2.15 bits per heavy atom. The number of nitrogens with zero attached hydrogens (tertiary/aromatic N) is 1. The smallest absolute Gasteiger partial charge is 0.0502 e. The highest BCUT2D eigenvalue weighted by atomic mass is 32.2. The van der Waals surface area contributed by atoms with Gasteiger partial charge in [0.2, 0.25) is 0 Å². The molecular weight excluding hydrogens is 178 g/mol. The Kier molecular flexibility index (Phi) is 3.25. The molecule has 0 radical (unpaired) electrons. The first-order valence-corrected chi connectivity index (χ1v) is 6.01. The van der Waals surface area contributed by atoms with Crippen LogP contribution in [0.1, 0.15) is 31.4 Å². The van der Waals surface area contributed by atoms with Crippen LogP contribution in [0.25, 0.3) is 0 Å². The maximum absolute atomic E-state index is 4.32. The largest absolute Gasteiger partial charge is 0.260 e. The molecule has 0 aromatic carbocycles. The van der Waals surface area contributed by atoms with Crippen LogP contribution in [0.5, 0.6) is 0 Å². The van der Waals surface area contributed by atoms with Gasteiger partial charge < -0.3 is 0 Å². The van der Waals surface area contributed by atoms with Crippen molar-refractivity contribution in [2.24, 2.45) is 0 Å². The first kappa shape index (κ1) is 9.07. The lowest BCUT2D eigenvalue weighted by Crippen LogP contribution is -1.95. The molecule has 0 bridgehead atoms. The summed E-state index contributed by atoms with van der Waals surface area (Å²) in [5.41, 5.74) is 1.22. The Morgan fingerprint density at radius 3 is 2.85 bits per heavy atom. The van der Waals surface area contributed by atoms with Gasteiger partial charge in [0.05, 0.1) is 5.69 Å². The van der Waals surface area contributed by atoms with E-state index in [1.54, 1.807) is 0 Å². The molecule has 70 valence electrons. The van der Waals surface area contributed by atoms with Crippen LogP contribution >= 0.6 is 11.8 Å². The van der Waals surface area contributed by atoms with Crippen LogP contribution in [-0.2, 0) is 5.75 Å². The Morgan fingerprint density at radius 1 is 1.31 bits per heavy atom. The zero-order valence-corrected chi connectivity index (χ0v) is 8.59. The van der Waals surface area contributed by atoms with Gasteiger partial charge in [-0.05, 0) is 25.0 Å². The lowest BCUT2D eigenvalue weighted by molar-refractivity contribution is 0.886. The molecule has 1 aromatic heterocycles. The van der Waals surface area contributed by atoms with Gasteiger partial charge in [0.25, 0.3) is 0 Å². The normalized spacial score (nSPS) is 17.8. The predicted molar refractivity (Wildman–Crippen MR) is 57.8 cm³/mol. The summed E-state index contributed by atoms with van der Waals surface area (Å²) in [6, 6.07) is 6.16. The van der Waals surface area contributed by atoms with E-state index in [1.807, 2.05) is 12.3 Å². The summed E-state index contributed by atoms with van der Waals surface area (Å²) in [5.74, 6) is 1.09. The Bertz CT molecular complexity index is 242. The van der Waals surface area contributed by atoms with E-state index in [1.165, 1.54) is 31.4 Å². The van der Waals surface area contributed by atoms with Crippen molar-refractivity contribution in [1.29, 1.82) is 0 Å². The van der Waals surface area contributed by atoms with Crippen molar-refractivity contribution in [2.75, 3.05) is 0 Å². The van der Waals surface area contributed by atoms with Gasteiger partial charge in [-0.15, -0.1) is 0 Å². The number of aromatic nitrogens is 1. The summed E-state index contributed by atoms with van der Waals surface area (Å²) >= 11 is 2.07. The van der Waals surface area contributed by atoms with E-state index in [-0.39, 0.29) is 0 Å². The van der Waals surface area contributed by atoms with E-state index in [9.17, 15) is 0 Å². The number of hydrogen-bond donors (Lipinski definition) is 0. The fourth-order valence-electron chi connectivity index (χ4n) is 1.74. The Labute approximate surface area is 84.0 Å². The van der Waals surface area contributed by atoms with Crippen molar-refractivity contribution in [3.63, 3.8) is 0 Å². The third kappa shape index (κ3) is 2.73. The molecular formula is C11H15NS. The fraction of sp³-hybridized carbons (Fsp3) is 0.545. The monoisotopic (exact) mass is 193 g/mol. The third-order valence-corrected chi connectivity index (χ3v) is 3.90. The fourth-order valence-corrected chi connectivity index (χ4v) is 2.99. The number of hydrogen-bond acceptors (Lipinski definition) is 2. The highest BCUT2D eigenvalue weighted by Crippen LogP contribution is 2.30. The average Bonchev–Trinajstić information content (AvgIpc) is 2.69.